The Hall–Kier alpha value is -3.84. The van der Waals surface area contributed by atoms with Gasteiger partial charge in [0.1, 0.15) is 0 Å². The van der Waals surface area contributed by atoms with Crippen LogP contribution in [0.25, 0.3) is 0 Å². The molecule has 0 unspecified atom stereocenters. The first-order valence-electron chi connectivity index (χ1n) is 12.0. The molecule has 0 atom stereocenters. The number of hydrogen-bond acceptors (Lipinski definition) is 4. The van der Waals surface area contributed by atoms with Crippen LogP contribution in [-0.2, 0) is 6.54 Å². The molecule has 7 nitrogen and oxygen atoms in total. The minimum absolute atomic E-state index is 0.120. The third-order valence-corrected chi connectivity index (χ3v) is 5.84. The number of amides is 3. The molecule has 3 aromatic carbocycles. The maximum Gasteiger partial charge on any atom is 0.323 e. The van der Waals surface area contributed by atoms with Crippen molar-refractivity contribution in [1.29, 1.82) is 0 Å². The van der Waals surface area contributed by atoms with Gasteiger partial charge in [0.2, 0.25) is 0 Å². The van der Waals surface area contributed by atoms with Gasteiger partial charge in [0.15, 0.2) is 0 Å². The summed E-state index contributed by atoms with van der Waals surface area (Å²) in [6.07, 6.45) is 0. The summed E-state index contributed by atoms with van der Waals surface area (Å²) in [5.74, 6) is -0.120. The number of rotatable bonds is 11. The summed E-state index contributed by atoms with van der Waals surface area (Å²) in [6.45, 7) is 8.36. The molecule has 0 aromatic heterocycles. The average Bonchev–Trinajstić information content (AvgIpc) is 2.88. The summed E-state index contributed by atoms with van der Waals surface area (Å²) in [7, 11) is 2.04. The Balaban J connectivity index is 1.46. The van der Waals surface area contributed by atoms with Gasteiger partial charge >= 0.3 is 6.03 Å². The molecule has 0 saturated heterocycles. The van der Waals surface area contributed by atoms with Crippen molar-refractivity contribution >= 4 is 29.0 Å². The lowest BCUT2D eigenvalue weighted by atomic mass is 10.2. The summed E-state index contributed by atoms with van der Waals surface area (Å²) < 4.78 is 0. The van der Waals surface area contributed by atoms with Crippen LogP contribution in [0.1, 0.15) is 29.8 Å². The number of hydrogen-bond donors (Lipinski definition) is 3. The molecule has 3 amide bonds. The largest absolute Gasteiger partial charge is 0.370 e. The molecular formula is C28H35N5O2. The van der Waals surface area contributed by atoms with E-state index in [0.717, 1.165) is 31.9 Å². The highest BCUT2D eigenvalue weighted by Gasteiger charge is 2.08. The quantitative estimate of drug-likeness (QED) is 0.365. The first-order valence-corrected chi connectivity index (χ1v) is 12.0. The standard InChI is InChI=1S/C28H35N5O2/c1-4-33(5-2)20-19-29-27(34)23-11-13-24(14-12-23)30-28(35)31-25-15-17-26(18-16-25)32(3)21-22-9-7-6-8-10-22/h6-18H,4-5,19-21H2,1-3H3,(H,29,34)(H2,30,31,35). The van der Waals surface area contributed by atoms with Gasteiger partial charge in [-0.3, -0.25) is 4.79 Å². The maximum absolute atomic E-state index is 12.4. The van der Waals surface area contributed by atoms with Crippen molar-refractivity contribution in [2.45, 2.75) is 20.4 Å². The molecule has 7 heteroatoms. The van der Waals surface area contributed by atoms with Gasteiger partial charge in [0, 0.05) is 49.3 Å². The predicted octanol–water partition coefficient (Wildman–Crippen LogP) is 5.04. The number of nitrogens with one attached hydrogen (secondary N) is 3. The minimum Gasteiger partial charge on any atom is -0.370 e. The molecule has 0 aliphatic heterocycles. The van der Waals surface area contributed by atoms with Crippen LogP contribution < -0.4 is 20.9 Å². The molecule has 35 heavy (non-hydrogen) atoms. The lowest BCUT2D eigenvalue weighted by Gasteiger charge is -2.20. The van der Waals surface area contributed by atoms with Crippen molar-refractivity contribution in [2.75, 3.05) is 48.8 Å². The first-order chi connectivity index (χ1) is 17.0. The van der Waals surface area contributed by atoms with Gasteiger partial charge in [-0.2, -0.15) is 0 Å². The number of anilines is 3. The highest BCUT2D eigenvalue weighted by molar-refractivity contribution is 6.00. The van der Waals surface area contributed by atoms with Crippen molar-refractivity contribution in [3.63, 3.8) is 0 Å². The second-order valence-corrected chi connectivity index (χ2v) is 8.33. The van der Waals surface area contributed by atoms with E-state index in [0.29, 0.717) is 23.5 Å². The Kier molecular flexibility index (Phi) is 9.69. The van der Waals surface area contributed by atoms with Gasteiger partial charge in [-0.15, -0.1) is 0 Å². The molecule has 3 rings (SSSR count). The van der Waals surface area contributed by atoms with Gasteiger partial charge in [0.25, 0.3) is 5.91 Å². The van der Waals surface area contributed by atoms with Crippen molar-refractivity contribution in [2.24, 2.45) is 0 Å². The fraction of sp³-hybridized carbons (Fsp3) is 0.286. The van der Waals surface area contributed by atoms with Gasteiger partial charge < -0.3 is 25.8 Å². The number of carbonyl (C=O) groups is 2. The zero-order chi connectivity index (χ0) is 25.0. The van der Waals surface area contributed by atoms with E-state index in [1.54, 1.807) is 24.3 Å². The number of likely N-dealkylation sites (N-methyl/N-ethyl adjacent to an activating group) is 1. The van der Waals surface area contributed by atoms with Gasteiger partial charge in [-0.1, -0.05) is 44.2 Å². The Morgan fingerprint density at radius 1 is 0.771 bits per heavy atom. The van der Waals surface area contributed by atoms with E-state index in [2.05, 4.69) is 51.7 Å². The molecule has 3 N–H and O–H groups in total. The number of nitrogens with zero attached hydrogens (tertiary/aromatic N) is 2. The summed E-state index contributed by atoms with van der Waals surface area (Å²) >= 11 is 0. The zero-order valence-corrected chi connectivity index (χ0v) is 20.8. The third kappa shape index (κ3) is 8.15. The molecule has 0 heterocycles. The van der Waals surface area contributed by atoms with Crippen LogP contribution in [0.15, 0.2) is 78.9 Å². The summed E-state index contributed by atoms with van der Waals surface area (Å²) in [4.78, 5) is 29.1. The normalized spacial score (nSPS) is 10.6. The Labute approximate surface area is 208 Å². The van der Waals surface area contributed by atoms with Crippen molar-refractivity contribution in [1.82, 2.24) is 10.2 Å². The SMILES string of the molecule is CCN(CC)CCNC(=O)c1ccc(NC(=O)Nc2ccc(N(C)Cc3ccccc3)cc2)cc1. The monoisotopic (exact) mass is 473 g/mol. The summed E-state index contributed by atoms with van der Waals surface area (Å²) in [5, 5.41) is 8.57. The van der Waals surface area contributed by atoms with Gasteiger partial charge in [0.05, 0.1) is 0 Å². The zero-order valence-electron chi connectivity index (χ0n) is 20.8. The molecule has 3 aromatic rings. The van der Waals surface area contributed by atoms with Crippen LogP contribution >= 0.6 is 0 Å². The molecule has 0 fully saturated rings. The first kappa shape index (κ1) is 25.8. The fourth-order valence-electron chi connectivity index (χ4n) is 3.72. The highest BCUT2D eigenvalue weighted by atomic mass is 16.2. The molecule has 0 aliphatic carbocycles. The lowest BCUT2D eigenvalue weighted by Crippen LogP contribution is -2.34. The average molecular weight is 474 g/mol. The highest BCUT2D eigenvalue weighted by Crippen LogP contribution is 2.19. The van der Waals surface area contributed by atoms with Crippen LogP contribution in [0, 0.1) is 0 Å². The van der Waals surface area contributed by atoms with Crippen LogP contribution in [0.5, 0.6) is 0 Å². The van der Waals surface area contributed by atoms with E-state index in [-0.39, 0.29) is 11.9 Å². The van der Waals surface area contributed by atoms with Crippen molar-refractivity contribution in [3.05, 3.63) is 90.0 Å². The van der Waals surface area contributed by atoms with E-state index in [9.17, 15) is 9.59 Å². The minimum atomic E-state index is -0.341. The Morgan fingerprint density at radius 2 is 1.34 bits per heavy atom. The van der Waals surface area contributed by atoms with Crippen molar-refractivity contribution in [3.8, 4) is 0 Å². The number of urea groups is 1. The van der Waals surface area contributed by atoms with E-state index in [1.807, 2.05) is 49.5 Å². The van der Waals surface area contributed by atoms with Crippen LogP contribution in [0.3, 0.4) is 0 Å². The Morgan fingerprint density at radius 3 is 1.91 bits per heavy atom. The maximum atomic E-state index is 12.4. The van der Waals surface area contributed by atoms with Gasteiger partial charge in [-0.05, 0) is 67.2 Å². The molecule has 0 radical (unpaired) electrons. The van der Waals surface area contributed by atoms with Crippen LogP contribution in [0.4, 0.5) is 21.9 Å². The molecule has 0 spiro atoms. The predicted molar refractivity (Wildman–Crippen MR) is 144 cm³/mol. The third-order valence-electron chi connectivity index (χ3n) is 5.84. The molecule has 0 bridgehead atoms. The second-order valence-electron chi connectivity index (χ2n) is 8.33. The Bertz CT molecular complexity index is 1060. The summed E-state index contributed by atoms with van der Waals surface area (Å²) in [6, 6.07) is 24.5. The fourth-order valence-corrected chi connectivity index (χ4v) is 3.72. The smallest absolute Gasteiger partial charge is 0.323 e. The molecule has 0 saturated carbocycles. The van der Waals surface area contributed by atoms with E-state index in [1.165, 1.54) is 5.56 Å². The topological polar surface area (TPSA) is 76.7 Å². The second kappa shape index (κ2) is 13.2. The van der Waals surface area contributed by atoms with E-state index >= 15 is 0 Å². The van der Waals surface area contributed by atoms with Crippen molar-refractivity contribution < 1.29 is 9.59 Å². The van der Waals surface area contributed by atoms with Crippen LogP contribution in [-0.4, -0.2) is 50.1 Å². The molecule has 0 aliphatic rings. The van der Waals surface area contributed by atoms with Crippen LogP contribution in [0.2, 0.25) is 0 Å². The van der Waals surface area contributed by atoms with E-state index < -0.39 is 0 Å². The number of carbonyl (C=O) groups excluding carboxylic acids is 2. The number of benzene rings is 3. The molecular weight excluding hydrogens is 438 g/mol. The molecule has 184 valence electrons. The lowest BCUT2D eigenvalue weighted by molar-refractivity contribution is 0.0949. The van der Waals surface area contributed by atoms with E-state index in [4.69, 9.17) is 0 Å². The van der Waals surface area contributed by atoms with Gasteiger partial charge in [-0.25, -0.2) is 4.79 Å². The summed E-state index contributed by atoms with van der Waals surface area (Å²) in [5.41, 5.74) is 4.17.